The van der Waals surface area contributed by atoms with Gasteiger partial charge in [-0.25, -0.2) is 9.50 Å². The molecule has 4 nitrogen and oxygen atoms in total. The monoisotopic (exact) mass is 149 g/mol. The second-order valence-electron chi connectivity index (χ2n) is 2.22. The molecule has 0 atom stereocenters. The van der Waals surface area contributed by atoms with Gasteiger partial charge in [-0.05, 0) is 6.07 Å². The van der Waals surface area contributed by atoms with Gasteiger partial charge in [0.2, 0.25) is 0 Å². The summed E-state index contributed by atoms with van der Waals surface area (Å²) in [5.41, 5.74) is 1.40. The van der Waals surface area contributed by atoms with E-state index in [1.54, 1.807) is 29.0 Å². The molecule has 56 valence electrons. The maximum Gasteiger partial charge on any atom is 0.155 e. The Kier molecular flexibility index (Phi) is 1.33. The first kappa shape index (κ1) is 6.30. The van der Waals surface area contributed by atoms with Gasteiger partial charge in [0, 0.05) is 18.5 Å². The highest BCUT2D eigenvalue weighted by molar-refractivity contribution is 5.37. The van der Waals surface area contributed by atoms with Gasteiger partial charge in [0.25, 0.3) is 0 Å². The van der Waals surface area contributed by atoms with E-state index >= 15 is 0 Å². The van der Waals surface area contributed by atoms with Gasteiger partial charge in [0.15, 0.2) is 5.65 Å². The first-order valence-electron chi connectivity index (χ1n) is 3.30. The summed E-state index contributed by atoms with van der Waals surface area (Å²) in [5, 5.41) is 12.8. The third-order valence-corrected chi connectivity index (χ3v) is 1.45. The molecular weight excluding hydrogens is 142 g/mol. The zero-order valence-electron chi connectivity index (χ0n) is 5.81. The van der Waals surface area contributed by atoms with Crippen molar-refractivity contribution in [2.24, 2.45) is 0 Å². The highest BCUT2D eigenvalue weighted by Gasteiger charge is 1.97. The predicted molar refractivity (Wildman–Crippen MR) is 38.9 cm³/mol. The molecule has 11 heavy (non-hydrogen) atoms. The summed E-state index contributed by atoms with van der Waals surface area (Å²) in [5.74, 6) is 0. The van der Waals surface area contributed by atoms with Gasteiger partial charge in [-0.3, -0.25) is 0 Å². The van der Waals surface area contributed by atoms with E-state index in [4.69, 9.17) is 5.11 Å². The van der Waals surface area contributed by atoms with E-state index in [9.17, 15) is 0 Å². The van der Waals surface area contributed by atoms with Crippen LogP contribution in [-0.2, 0) is 6.61 Å². The van der Waals surface area contributed by atoms with Gasteiger partial charge in [-0.1, -0.05) is 0 Å². The molecule has 2 rings (SSSR count). The molecule has 1 N–H and O–H groups in total. The van der Waals surface area contributed by atoms with Gasteiger partial charge >= 0.3 is 0 Å². The van der Waals surface area contributed by atoms with Crippen LogP contribution >= 0.6 is 0 Å². The van der Waals surface area contributed by atoms with Crippen molar-refractivity contribution in [1.82, 2.24) is 14.6 Å². The second kappa shape index (κ2) is 2.32. The van der Waals surface area contributed by atoms with Crippen molar-refractivity contribution in [3.8, 4) is 0 Å². The summed E-state index contributed by atoms with van der Waals surface area (Å²) in [6, 6.07) is 3.54. The van der Waals surface area contributed by atoms with E-state index < -0.39 is 0 Å². The summed E-state index contributed by atoms with van der Waals surface area (Å²) < 4.78 is 1.63. The van der Waals surface area contributed by atoms with Crippen LogP contribution in [0.3, 0.4) is 0 Å². The van der Waals surface area contributed by atoms with E-state index in [1.807, 2.05) is 0 Å². The molecule has 0 saturated heterocycles. The van der Waals surface area contributed by atoms with Crippen LogP contribution in [0.5, 0.6) is 0 Å². The maximum atomic E-state index is 8.74. The Bertz CT molecular complexity index is 335. The van der Waals surface area contributed by atoms with Crippen molar-refractivity contribution in [2.75, 3.05) is 0 Å². The first-order chi connectivity index (χ1) is 5.40. The third-order valence-electron chi connectivity index (χ3n) is 1.45. The van der Waals surface area contributed by atoms with E-state index in [-0.39, 0.29) is 6.61 Å². The standard InChI is InChI=1S/C7H7N3O/c11-5-6-4-7-8-2-1-3-10(7)9-6/h1-4,11H,5H2. The van der Waals surface area contributed by atoms with Crippen molar-refractivity contribution in [2.45, 2.75) is 6.61 Å². The van der Waals surface area contributed by atoms with Gasteiger partial charge in [-0.15, -0.1) is 0 Å². The molecule has 0 amide bonds. The van der Waals surface area contributed by atoms with Gasteiger partial charge < -0.3 is 5.11 Å². The number of aliphatic hydroxyl groups is 1. The lowest BCUT2D eigenvalue weighted by Crippen LogP contribution is -1.88. The minimum atomic E-state index is -0.0383. The Hall–Kier alpha value is -1.42. The maximum absolute atomic E-state index is 8.74. The van der Waals surface area contributed by atoms with E-state index in [1.165, 1.54) is 0 Å². The van der Waals surface area contributed by atoms with Crippen LogP contribution in [0.25, 0.3) is 5.65 Å². The SMILES string of the molecule is OCc1cc2ncccn2n1. The van der Waals surface area contributed by atoms with Crippen molar-refractivity contribution in [1.29, 1.82) is 0 Å². The molecule has 0 saturated carbocycles. The molecule has 0 spiro atoms. The van der Waals surface area contributed by atoms with Crippen molar-refractivity contribution < 1.29 is 5.11 Å². The molecule has 0 aliphatic rings. The van der Waals surface area contributed by atoms with Crippen LogP contribution < -0.4 is 0 Å². The van der Waals surface area contributed by atoms with E-state index in [2.05, 4.69) is 10.1 Å². The quantitative estimate of drug-likeness (QED) is 0.631. The topological polar surface area (TPSA) is 50.4 Å². The molecule has 4 heteroatoms. The number of fused-ring (bicyclic) bond motifs is 1. The average molecular weight is 149 g/mol. The lowest BCUT2D eigenvalue weighted by molar-refractivity contribution is 0.276. The number of rotatable bonds is 1. The van der Waals surface area contributed by atoms with Gasteiger partial charge in [0.05, 0.1) is 12.3 Å². The zero-order valence-corrected chi connectivity index (χ0v) is 5.81. The zero-order chi connectivity index (χ0) is 7.68. The third kappa shape index (κ3) is 0.969. The molecule has 0 bridgehead atoms. The number of aromatic nitrogens is 3. The molecule has 0 radical (unpaired) electrons. The molecule has 0 aliphatic carbocycles. The Morgan fingerprint density at radius 1 is 1.55 bits per heavy atom. The second-order valence-corrected chi connectivity index (χ2v) is 2.22. The summed E-state index contributed by atoms with van der Waals surface area (Å²) >= 11 is 0. The summed E-state index contributed by atoms with van der Waals surface area (Å²) in [6.07, 6.45) is 3.49. The van der Waals surface area contributed by atoms with Crippen LogP contribution in [-0.4, -0.2) is 19.7 Å². The van der Waals surface area contributed by atoms with Crippen LogP contribution in [0.1, 0.15) is 5.69 Å². The number of nitrogens with zero attached hydrogens (tertiary/aromatic N) is 3. The predicted octanol–water partition coefficient (Wildman–Crippen LogP) is 0.222. The number of hydrogen-bond acceptors (Lipinski definition) is 3. The molecular formula is C7H7N3O. The largest absolute Gasteiger partial charge is 0.390 e. The Morgan fingerprint density at radius 2 is 2.45 bits per heavy atom. The highest BCUT2D eigenvalue weighted by atomic mass is 16.3. The van der Waals surface area contributed by atoms with Gasteiger partial charge in [0.1, 0.15) is 0 Å². The van der Waals surface area contributed by atoms with E-state index in [0.29, 0.717) is 5.69 Å². The fourth-order valence-corrected chi connectivity index (χ4v) is 0.956. The molecule has 0 aromatic carbocycles. The van der Waals surface area contributed by atoms with Crippen molar-refractivity contribution >= 4 is 5.65 Å². The van der Waals surface area contributed by atoms with Gasteiger partial charge in [-0.2, -0.15) is 5.10 Å². The van der Waals surface area contributed by atoms with Crippen LogP contribution in [0.15, 0.2) is 24.5 Å². The summed E-state index contributed by atoms with van der Waals surface area (Å²) in [6.45, 7) is -0.0383. The fourth-order valence-electron chi connectivity index (χ4n) is 0.956. The lowest BCUT2D eigenvalue weighted by atomic mass is 10.4. The molecule has 2 aromatic heterocycles. The van der Waals surface area contributed by atoms with Crippen molar-refractivity contribution in [3.63, 3.8) is 0 Å². The normalized spacial score (nSPS) is 10.6. The molecule has 2 heterocycles. The molecule has 0 fully saturated rings. The fraction of sp³-hybridized carbons (Fsp3) is 0.143. The number of hydrogen-bond donors (Lipinski definition) is 1. The molecule has 0 aliphatic heterocycles. The van der Waals surface area contributed by atoms with Crippen LogP contribution in [0.2, 0.25) is 0 Å². The highest BCUT2D eigenvalue weighted by Crippen LogP contribution is 2.01. The molecule has 0 unspecified atom stereocenters. The van der Waals surface area contributed by atoms with Crippen LogP contribution in [0, 0.1) is 0 Å². The smallest absolute Gasteiger partial charge is 0.155 e. The Morgan fingerprint density at radius 3 is 3.18 bits per heavy atom. The number of aliphatic hydroxyl groups excluding tert-OH is 1. The average Bonchev–Trinajstić information content (AvgIpc) is 2.46. The Labute approximate surface area is 63.1 Å². The van der Waals surface area contributed by atoms with Crippen molar-refractivity contribution in [3.05, 3.63) is 30.2 Å². The summed E-state index contributed by atoms with van der Waals surface area (Å²) in [4.78, 5) is 4.04. The minimum absolute atomic E-state index is 0.0383. The van der Waals surface area contributed by atoms with E-state index in [0.717, 1.165) is 5.65 Å². The molecule has 2 aromatic rings. The lowest BCUT2D eigenvalue weighted by Gasteiger charge is -1.86. The minimum Gasteiger partial charge on any atom is -0.390 e. The Balaban J connectivity index is 2.69. The van der Waals surface area contributed by atoms with Crippen LogP contribution in [0.4, 0.5) is 0 Å². The summed E-state index contributed by atoms with van der Waals surface area (Å²) in [7, 11) is 0. The first-order valence-corrected chi connectivity index (χ1v) is 3.30.